The van der Waals surface area contributed by atoms with Gasteiger partial charge in [0.15, 0.2) is 0 Å². The Morgan fingerprint density at radius 1 is 1.10 bits per heavy atom. The van der Waals surface area contributed by atoms with Gasteiger partial charge >= 0.3 is 0 Å². The number of amides is 2. The second kappa shape index (κ2) is 12.2. The molecular formula is C23H28Cl2N2O2S. The zero-order valence-electron chi connectivity index (χ0n) is 17.6. The summed E-state index contributed by atoms with van der Waals surface area (Å²) >= 11 is 13.7. The molecule has 162 valence electrons. The van der Waals surface area contributed by atoms with Crippen molar-refractivity contribution in [3.8, 4) is 0 Å². The van der Waals surface area contributed by atoms with Gasteiger partial charge in [0.1, 0.15) is 6.04 Å². The highest BCUT2D eigenvalue weighted by Gasteiger charge is 2.28. The van der Waals surface area contributed by atoms with Crippen LogP contribution >= 0.6 is 35.0 Å². The normalized spacial score (nSPS) is 11.8. The first-order valence-electron chi connectivity index (χ1n) is 10.0. The quantitative estimate of drug-likeness (QED) is 0.504. The van der Waals surface area contributed by atoms with Crippen molar-refractivity contribution in [1.29, 1.82) is 0 Å². The molecule has 0 saturated carbocycles. The number of carbonyl (C=O) groups is 2. The SMILES string of the molecule is CCNC(=O)[C@@H](CC)N(Cc1ccc(Cl)c(Cl)c1)C(=O)CSCc1ccccc1C. The number of hydrogen-bond acceptors (Lipinski definition) is 3. The minimum absolute atomic E-state index is 0.0715. The molecule has 0 radical (unpaired) electrons. The summed E-state index contributed by atoms with van der Waals surface area (Å²) in [4.78, 5) is 27.4. The average molecular weight is 467 g/mol. The standard InChI is InChI=1S/C23H28Cl2N2O2S/c1-4-21(23(29)26-5-2)27(13-17-10-11-19(24)20(25)12-17)22(28)15-30-14-18-9-7-6-8-16(18)3/h6-12,21H,4-5,13-15H2,1-3H3,(H,26,29)/t21-/m1/s1. The van der Waals surface area contributed by atoms with Gasteiger partial charge in [0, 0.05) is 18.8 Å². The Morgan fingerprint density at radius 3 is 2.47 bits per heavy atom. The molecule has 0 bridgehead atoms. The first-order valence-corrected chi connectivity index (χ1v) is 11.9. The Bertz CT molecular complexity index is 876. The maximum atomic E-state index is 13.1. The molecule has 2 amide bonds. The van der Waals surface area contributed by atoms with Crippen molar-refractivity contribution in [3.63, 3.8) is 0 Å². The molecule has 0 unspecified atom stereocenters. The second-order valence-corrected chi connectivity index (χ2v) is 8.81. The van der Waals surface area contributed by atoms with Gasteiger partial charge in [0.05, 0.1) is 15.8 Å². The number of carbonyl (C=O) groups excluding carboxylic acids is 2. The molecule has 0 aliphatic heterocycles. The Balaban J connectivity index is 2.15. The number of likely N-dealkylation sites (N-methyl/N-ethyl adjacent to an activating group) is 1. The van der Waals surface area contributed by atoms with E-state index >= 15 is 0 Å². The molecule has 30 heavy (non-hydrogen) atoms. The first kappa shape index (κ1) is 24.6. The van der Waals surface area contributed by atoms with Crippen molar-refractivity contribution in [2.45, 2.75) is 45.5 Å². The lowest BCUT2D eigenvalue weighted by Gasteiger charge is -2.30. The van der Waals surface area contributed by atoms with E-state index in [-0.39, 0.29) is 11.8 Å². The van der Waals surface area contributed by atoms with Gasteiger partial charge in [-0.1, -0.05) is 60.5 Å². The van der Waals surface area contributed by atoms with Crippen molar-refractivity contribution in [1.82, 2.24) is 10.2 Å². The Hall–Kier alpha value is -1.69. The summed E-state index contributed by atoms with van der Waals surface area (Å²) in [6, 6.07) is 12.9. The van der Waals surface area contributed by atoms with E-state index in [2.05, 4.69) is 24.4 Å². The molecule has 0 saturated heterocycles. The second-order valence-electron chi connectivity index (χ2n) is 7.01. The fourth-order valence-electron chi connectivity index (χ4n) is 3.15. The molecule has 0 aliphatic rings. The van der Waals surface area contributed by atoms with Crippen LogP contribution in [0, 0.1) is 6.92 Å². The average Bonchev–Trinajstić information content (AvgIpc) is 2.72. The van der Waals surface area contributed by atoms with Crippen LogP contribution in [-0.4, -0.2) is 35.1 Å². The van der Waals surface area contributed by atoms with Crippen LogP contribution in [0.4, 0.5) is 0 Å². The van der Waals surface area contributed by atoms with Gasteiger partial charge in [0.2, 0.25) is 11.8 Å². The number of halogens is 2. The Kier molecular flexibility index (Phi) is 10.0. The number of rotatable bonds is 10. The molecule has 0 heterocycles. The zero-order valence-corrected chi connectivity index (χ0v) is 19.9. The zero-order chi connectivity index (χ0) is 22.1. The molecule has 1 atom stereocenters. The van der Waals surface area contributed by atoms with E-state index in [0.29, 0.717) is 35.3 Å². The Morgan fingerprint density at radius 2 is 1.83 bits per heavy atom. The van der Waals surface area contributed by atoms with Crippen molar-refractivity contribution in [2.75, 3.05) is 12.3 Å². The van der Waals surface area contributed by atoms with E-state index in [1.165, 1.54) is 11.1 Å². The molecule has 2 aromatic carbocycles. The molecule has 2 aromatic rings. The van der Waals surface area contributed by atoms with E-state index in [1.807, 2.05) is 32.0 Å². The third kappa shape index (κ3) is 6.93. The molecule has 0 fully saturated rings. The molecular weight excluding hydrogens is 439 g/mol. The van der Waals surface area contributed by atoms with Crippen LogP contribution in [0.1, 0.15) is 37.0 Å². The minimum Gasteiger partial charge on any atom is -0.355 e. The number of benzene rings is 2. The lowest BCUT2D eigenvalue weighted by Crippen LogP contribution is -2.49. The smallest absolute Gasteiger partial charge is 0.242 e. The molecule has 0 spiro atoms. The molecule has 2 rings (SSSR count). The van der Waals surface area contributed by atoms with Crippen LogP contribution in [0.3, 0.4) is 0 Å². The maximum Gasteiger partial charge on any atom is 0.242 e. The van der Waals surface area contributed by atoms with Crippen LogP contribution in [0.2, 0.25) is 10.0 Å². The largest absolute Gasteiger partial charge is 0.355 e. The van der Waals surface area contributed by atoms with Gasteiger partial charge in [-0.3, -0.25) is 9.59 Å². The van der Waals surface area contributed by atoms with Crippen LogP contribution in [-0.2, 0) is 21.9 Å². The van der Waals surface area contributed by atoms with Crippen molar-refractivity contribution in [2.24, 2.45) is 0 Å². The predicted octanol–water partition coefficient (Wildman–Crippen LogP) is 5.48. The van der Waals surface area contributed by atoms with Gasteiger partial charge < -0.3 is 10.2 Å². The first-order chi connectivity index (χ1) is 14.4. The van der Waals surface area contributed by atoms with Crippen LogP contribution < -0.4 is 5.32 Å². The maximum absolute atomic E-state index is 13.1. The summed E-state index contributed by atoms with van der Waals surface area (Å²) in [5, 5.41) is 3.73. The number of thioether (sulfide) groups is 1. The van der Waals surface area contributed by atoms with E-state index in [4.69, 9.17) is 23.2 Å². The molecule has 0 aliphatic carbocycles. The third-order valence-electron chi connectivity index (χ3n) is 4.82. The van der Waals surface area contributed by atoms with Crippen LogP contribution in [0.15, 0.2) is 42.5 Å². The topological polar surface area (TPSA) is 49.4 Å². The number of nitrogens with one attached hydrogen (secondary N) is 1. The lowest BCUT2D eigenvalue weighted by molar-refractivity contribution is -0.139. The molecule has 0 aromatic heterocycles. The van der Waals surface area contributed by atoms with Gasteiger partial charge in [0.25, 0.3) is 0 Å². The lowest BCUT2D eigenvalue weighted by atomic mass is 10.1. The van der Waals surface area contributed by atoms with Crippen LogP contribution in [0.5, 0.6) is 0 Å². The van der Waals surface area contributed by atoms with Crippen molar-refractivity contribution in [3.05, 3.63) is 69.2 Å². The molecule has 4 nitrogen and oxygen atoms in total. The molecule has 1 N–H and O–H groups in total. The molecule has 7 heteroatoms. The summed E-state index contributed by atoms with van der Waals surface area (Å²) < 4.78 is 0. The highest BCUT2D eigenvalue weighted by Crippen LogP contribution is 2.25. The van der Waals surface area contributed by atoms with Gasteiger partial charge in [-0.2, -0.15) is 0 Å². The van der Waals surface area contributed by atoms with Crippen LogP contribution in [0.25, 0.3) is 0 Å². The van der Waals surface area contributed by atoms with Crippen molar-refractivity contribution >= 4 is 46.8 Å². The fraction of sp³-hybridized carbons (Fsp3) is 0.391. The fourth-order valence-corrected chi connectivity index (χ4v) is 4.46. The number of hydrogen-bond donors (Lipinski definition) is 1. The summed E-state index contributed by atoms with van der Waals surface area (Å²) in [5.74, 6) is 0.831. The van der Waals surface area contributed by atoms with E-state index < -0.39 is 6.04 Å². The van der Waals surface area contributed by atoms with Gasteiger partial charge in [-0.15, -0.1) is 11.8 Å². The third-order valence-corrected chi connectivity index (χ3v) is 6.52. The minimum atomic E-state index is -0.536. The summed E-state index contributed by atoms with van der Waals surface area (Å²) in [6.07, 6.45) is 0.529. The predicted molar refractivity (Wildman–Crippen MR) is 127 cm³/mol. The summed E-state index contributed by atoms with van der Waals surface area (Å²) in [6.45, 7) is 6.67. The monoisotopic (exact) mass is 466 g/mol. The number of nitrogens with zero attached hydrogens (tertiary/aromatic N) is 1. The van der Waals surface area contributed by atoms with Crippen molar-refractivity contribution < 1.29 is 9.59 Å². The van der Waals surface area contributed by atoms with E-state index in [0.717, 1.165) is 11.3 Å². The highest BCUT2D eigenvalue weighted by molar-refractivity contribution is 7.99. The highest BCUT2D eigenvalue weighted by atomic mass is 35.5. The van der Waals surface area contributed by atoms with E-state index in [1.54, 1.807) is 28.8 Å². The van der Waals surface area contributed by atoms with Gasteiger partial charge in [-0.25, -0.2) is 0 Å². The number of aryl methyl sites for hydroxylation is 1. The summed E-state index contributed by atoms with van der Waals surface area (Å²) in [5.41, 5.74) is 3.25. The van der Waals surface area contributed by atoms with Gasteiger partial charge in [-0.05, 0) is 49.1 Å². The Labute approximate surface area is 193 Å². The van der Waals surface area contributed by atoms with E-state index in [9.17, 15) is 9.59 Å². The summed E-state index contributed by atoms with van der Waals surface area (Å²) in [7, 11) is 0.